The van der Waals surface area contributed by atoms with Crippen molar-refractivity contribution >= 4 is 6.03 Å². The number of amides is 2. The van der Waals surface area contributed by atoms with Crippen LogP contribution in [-0.4, -0.2) is 49.1 Å². The number of primary amides is 1. The van der Waals surface area contributed by atoms with Crippen molar-refractivity contribution in [2.75, 3.05) is 27.2 Å². The van der Waals surface area contributed by atoms with E-state index in [-0.39, 0.29) is 0 Å². The van der Waals surface area contributed by atoms with E-state index in [4.69, 9.17) is 5.73 Å². The number of nitrogens with zero attached hydrogens (tertiary/aromatic N) is 2. The minimum Gasteiger partial charge on any atom is -0.352 e. The van der Waals surface area contributed by atoms with Crippen LogP contribution in [0.5, 0.6) is 0 Å². The second-order valence-corrected chi connectivity index (χ2v) is 4.91. The molecule has 0 spiro atoms. The molecule has 1 saturated heterocycles. The number of carbonyl (C=O) groups is 1. The van der Waals surface area contributed by atoms with Gasteiger partial charge in [-0.3, -0.25) is 0 Å². The quantitative estimate of drug-likeness (QED) is 0.740. The van der Waals surface area contributed by atoms with Gasteiger partial charge < -0.3 is 15.5 Å². The van der Waals surface area contributed by atoms with Crippen molar-refractivity contribution in [3.05, 3.63) is 0 Å². The molecule has 0 aromatic heterocycles. The Balaban J connectivity index is 0.000000187. The van der Waals surface area contributed by atoms with Gasteiger partial charge in [-0.15, -0.1) is 0 Å². The van der Waals surface area contributed by atoms with E-state index in [0.717, 1.165) is 6.04 Å². The van der Waals surface area contributed by atoms with Crippen LogP contribution in [0.4, 0.5) is 4.79 Å². The van der Waals surface area contributed by atoms with Crippen molar-refractivity contribution in [2.45, 2.75) is 44.6 Å². The third kappa shape index (κ3) is 4.39. The molecule has 2 amide bonds. The molecule has 0 aromatic carbocycles. The van der Waals surface area contributed by atoms with Gasteiger partial charge in [0, 0.05) is 20.1 Å². The largest absolute Gasteiger partial charge is 0.352 e. The van der Waals surface area contributed by atoms with Crippen LogP contribution in [0.25, 0.3) is 0 Å². The zero-order chi connectivity index (χ0) is 12.0. The van der Waals surface area contributed by atoms with Crippen LogP contribution in [0, 0.1) is 0 Å². The molecule has 4 heteroatoms. The van der Waals surface area contributed by atoms with Gasteiger partial charge in [-0.1, -0.05) is 12.8 Å². The Morgan fingerprint density at radius 1 is 1.12 bits per heavy atom. The first-order valence-electron chi connectivity index (χ1n) is 6.32. The van der Waals surface area contributed by atoms with E-state index in [1.807, 2.05) is 0 Å². The summed E-state index contributed by atoms with van der Waals surface area (Å²) < 4.78 is 0. The highest BCUT2D eigenvalue weighted by molar-refractivity contribution is 5.71. The summed E-state index contributed by atoms with van der Waals surface area (Å²) in [6.45, 7) is 2.79. The Hall–Kier alpha value is -0.770. The van der Waals surface area contributed by atoms with Crippen LogP contribution < -0.4 is 5.73 Å². The van der Waals surface area contributed by atoms with E-state index < -0.39 is 6.03 Å². The van der Waals surface area contributed by atoms with Crippen LogP contribution in [0.3, 0.4) is 0 Å². The lowest BCUT2D eigenvalue weighted by Gasteiger charge is -2.22. The van der Waals surface area contributed by atoms with Gasteiger partial charge in [-0.2, -0.15) is 0 Å². The lowest BCUT2D eigenvalue weighted by atomic mass is 10.2. The minimum absolute atomic E-state index is 0.407. The van der Waals surface area contributed by atoms with Gasteiger partial charge in [0.1, 0.15) is 0 Å². The van der Waals surface area contributed by atoms with Crippen molar-refractivity contribution in [3.63, 3.8) is 0 Å². The predicted octanol–water partition coefficient (Wildman–Crippen LogP) is 1.65. The van der Waals surface area contributed by atoms with Crippen molar-refractivity contribution in [1.29, 1.82) is 0 Å². The van der Waals surface area contributed by atoms with Gasteiger partial charge in [-0.25, -0.2) is 4.79 Å². The van der Waals surface area contributed by atoms with Gasteiger partial charge in [0.05, 0.1) is 0 Å². The van der Waals surface area contributed by atoms with Gasteiger partial charge in [-0.05, 0) is 38.8 Å². The molecule has 1 aliphatic carbocycles. The van der Waals surface area contributed by atoms with Crippen LogP contribution in [-0.2, 0) is 0 Å². The molecular formula is C12H25N3O. The molecule has 16 heavy (non-hydrogen) atoms. The van der Waals surface area contributed by atoms with Gasteiger partial charge in [0.2, 0.25) is 0 Å². The highest BCUT2D eigenvalue weighted by Crippen LogP contribution is 2.25. The van der Waals surface area contributed by atoms with Crippen LogP contribution in [0.2, 0.25) is 0 Å². The molecule has 4 nitrogen and oxygen atoms in total. The zero-order valence-electron chi connectivity index (χ0n) is 10.6. The maximum absolute atomic E-state index is 9.85. The molecule has 0 aromatic rings. The fourth-order valence-electron chi connectivity index (χ4n) is 2.38. The molecule has 2 N–H and O–H groups in total. The first-order chi connectivity index (χ1) is 7.61. The first kappa shape index (κ1) is 13.3. The monoisotopic (exact) mass is 227 g/mol. The summed E-state index contributed by atoms with van der Waals surface area (Å²) in [5, 5.41) is 0. The molecule has 0 radical (unpaired) electrons. The summed E-state index contributed by atoms with van der Waals surface area (Å²) in [4.78, 5) is 13.9. The van der Waals surface area contributed by atoms with E-state index >= 15 is 0 Å². The third-order valence-electron chi connectivity index (χ3n) is 3.42. The summed E-state index contributed by atoms with van der Waals surface area (Å²) >= 11 is 0. The topological polar surface area (TPSA) is 49.6 Å². The van der Waals surface area contributed by atoms with Crippen molar-refractivity contribution < 1.29 is 4.79 Å². The minimum atomic E-state index is -0.407. The Bertz CT molecular complexity index is 192. The predicted molar refractivity (Wildman–Crippen MR) is 66.3 cm³/mol. The molecular weight excluding hydrogens is 202 g/mol. The number of nitrogens with two attached hydrogens (primary N) is 1. The lowest BCUT2D eigenvalue weighted by molar-refractivity contribution is 0.227. The van der Waals surface area contributed by atoms with Crippen LogP contribution in [0.1, 0.15) is 38.5 Å². The Kier molecular flexibility index (Phi) is 5.60. The standard InChI is InChI=1S/C9H17N.C3H8N2O/c1-2-6-9(5-1)10-7-3-4-8-10;1-5(2)3(4)6/h9H,1-8H2;1-2H3,(H2,4,6). The van der Waals surface area contributed by atoms with E-state index in [0.29, 0.717) is 0 Å². The molecule has 0 atom stereocenters. The number of hydrogen-bond acceptors (Lipinski definition) is 2. The Morgan fingerprint density at radius 2 is 1.56 bits per heavy atom. The van der Waals surface area contributed by atoms with Crippen molar-refractivity contribution in [1.82, 2.24) is 9.80 Å². The molecule has 1 aliphatic heterocycles. The SMILES string of the molecule is C1CCC(N2CCCC2)C1.CN(C)C(N)=O. The number of hydrogen-bond donors (Lipinski definition) is 1. The second-order valence-electron chi connectivity index (χ2n) is 4.91. The molecule has 0 unspecified atom stereocenters. The fraction of sp³-hybridized carbons (Fsp3) is 0.917. The molecule has 2 fully saturated rings. The van der Waals surface area contributed by atoms with E-state index in [2.05, 4.69) is 4.90 Å². The number of likely N-dealkylation sites (tertiary alicyclic amines) is 1. The highest BCUT2D eigenvalue weighted by atomic mass is 16.2. The van der Waals surface area contributed by atoms with Crippen LogP contribution in [0.15, 0.2) is 0 Å². The highest BCUT2D eigenvalue weighted by Gasteiger charge is 2.24. The summed E-state index contributed by atoms with van der Waals surface area (Å²) in [5.74, 6) is 0. The van der Waals surface area contributed by atoms with Gasteiger partial charge in [0.25, 0.3) is 0 Å². The molecule has 2 aliphatic rings. The first-order valence-corrected chi connectivity index (χ1v) is 6.32. The van der Waals surface area contributed by atoms with Gasteiger partial charge >= 0.3 is 6.03 Å². The molecule has 94 valence electrons. The normalized spacial score (nSPS) is 21.6. The molecule has 1 heterocycles. The van der Waals surface area contributed by atoms with E-state index in [1.54, 1.807) is 14.1 Å². The van der Waals surface area contributed by atoms with Crippen molar-refractivity contribution in [3.8, 4) is 0 Å². The second kappa shape index (κ2) is 6.74. The average Bonchev–Trinajstić information content (AvgIpc) is 2.91. The number of carbonyl (C=O) groups excluding carboxylic acids is 1. The zero-order valence-corrected chi connectivity index (χ0v) is 10.6. The Labute approximate surface area is 98.8 Å². The number of urea groups is 1. The van der Waals surface area contributed by atoms with E-state index in [1.165, 1.54) is 56.5 Å². The van der Waals surface area contributed by atoms with E-state index in [9.17, 15) is 4.79 Å². The van der Waals surface area contributed by atoms with Crippen molar-refractivity contribution in [2.24, 2.45) is 5.73 Å². The van der Waals surface area contributed by atoms with Gasteiger partial charge in [0.15, 0.2) is 0 Å². The Morgan fingerprint density at radius 3 is 1.94 bits per heavy atom. The molecule has 1 saturated carbocycles. The summed E-state index contributed by atoms with van der Waals surface area (Å²) in [6, 6.07) is 0.581. The molecule has 2 rings (SSSR count). The maximum atomic E-state index is 9.85. The summed E-state index contributed by atoms with van der Waals surface area (Å²) in [5.41, 5.74) is 4.72. The lowest BCUT2D eigenvalue weighted by Crippen LogP contribution is -2.29. The third-order valence-corrected chi connectivity index (χ3v) is 3.42. The van der Waals surface area contributed by atoms with Crippen LogP contribution >= 0.6 is 0 Å². The smallest absolute Gasteiger partial charge is 0.314 e. The number of rotatable bonds is 1. The summed E-state index contributed by atoms with van der Waals surface area (Å²) in [6.07, 6.45) is 8.86. The maximum Gasteiger partial charge on any atom is 0.314 e. The molecule has 0 bridgehead atoms. The fourth-order valence-corrected chi connectivity index (χ4v) is 2.38. The average molecular weight is 227 g/mol. The summed E-state index contributed by atoms with van der Waals surface area (Å²) in [7, 11) is 3.20.